The lowest BCUT2D eigenvalue weighted by Gasteiger charge is -2.24. The van der Waals surface area contributed by atoms with Gasteiger partial charge in [-0.25, -0.2) is 0 Å². The van der Waals surface area contributed by atoms with E-state index in [-0.39, 0.29) is 0 Å². The summed E-state index contributed by atoms with van der Waals surface area (Å²) < 4.78 is 0. The molecule has 3 aliphatic rings. The summed E-state index contributed by atoms with van der Waals surface area (Å²) in [6, 6.07) is 22.0. The molecule has 0 spiro atoms. The van der Waals surface area contributed by atoms with Gasteiger partial charge in [0.1, 0.15) is 0 Å². The van der Waals surface area contributed by atoms with Gasteiger partial charge in [-0.1, -0.05) is 78.9 Å². The van der Waals surface area contributed by atoms with Crippen LogP contribution in [-0.4, -0.2) is 0 Å². The summed E-state index contributed by atoms with van der Waals surface area (Å²) in [7, 11) is 0. The highest BCUT2D eigenvalue weighted by Crippen LogP contribution is 2.70. The Morgan fingerprint density at radius 2 is 1.57 bits per heavy atom. The predicted molar refractivity (Wildman–Crippen MR) is 86.8 cm³/mol. The van der Waals surface area contributed by atoms with Crippen LogP contribution in [0.4, 0.5) is 0 Å². The monoisotopic (exact) mass is 270 g/mol. The molecule has 0 aliphatic heterocycles. The smallest absolute Gasteiger partial charge is 0.0233 e. The number of rotatable bonds is 2. The van der Waals surface area contributed by atoms with Crippen molar-refractivity contribution in [2.75, 3.05) is 0 Å². The molecule has 3 aliphatic carbocycles. The van der Waals surface area contributed by atoms with Gasteiger partial charge >= 0.3 is 0 Å². The van der Waals surface area contributed by atoms with Gasteiger partial charge in [0, 0.05) is 11.3 Å². The van der Waals surface area contributed by atoms with E-state index >= 15 is 0 Å². The van der Waals surface area contributed by atoms with E-state index in [0.29, 0.717) is 17.3 Å². The SMILES string of the molecule is C1=C[C@@]2(c3ccccc3)C3C=C(c4ccccc4)C1CC32. The minimum Gasteiger partial charge on any atom is -0.0801 e. The van der Waals surface area contributed by atoms with Gasteiger partial charge in [-0.3, -0.25) is 0 Å². The van der Waals surface area contributed by atoms with Crippen molar-refractivity contribution in [3.05, 3.63) is 90.0 Å². The van der Waals surface area contributed by atoms with Gasteiger partial charge in [0.25, 0.3) is 0 Å². The van der Waals surface area contributed by atoms with E-state index in [4.69, 9.17) is 0 Å². The molecule has 102 valence electrons. The standard InChI is InChI=1S/C21H18/c1-3-7-15(8-4-1)18-14-20-19-13-16(18)11-12-21(19,20)17-9-5-2-6-10-17/h1-12,14,16,19-20H,13H2/t16?,19?,20?,21-/m0/s1. The lowest BCUT2D eigenvalue weighted by Crippen LogP contribution is -2.14. The van der Waals surface area contributed by atoms with Crippen LogP contribution in [0.25, 0.3) is 5.57 Å². The minimum atomic E-state index is 0.300. The molecule has 21 heavy (non-hydrogen) atoms. The predicted octanol–water partition coefficient (Wildman–Crippen LogP) is 4.84. The number of hydrogen-bond acceptors (Lipinski definition) is 0. The fraction of sp³-hybridized carbons (Fsp3) is 0.238. The Kier molecular flexibility index (Phi) is 2.19. The average molecular weight is 270 g/mol. The Hall–Kier alpha value is -2.08. The quantitative estimate of drug-likeness (QED) is 0.685. The van der Waals surface area contributed by atoms with Gasteiger partial charge < -0.3 is 0 Å². The molecule has 3 unspecified atom stereocenters. The molecule has 1 fully saturated rings. The Labute approximate surface area is 125 Å². The van der Waals surface area contributed by atoms with E-state index in [1.54, 1.807) is 5.57 Å². The number of fused-ring (bicyclic) bond motifs is 2. The van der Waals surface area contributed by atoms with Crippen molar-refractivity contribution >= 4 is 5.57 Å². The van der Waals surface area contributed by atoms with Crippen LogP contribution in [0.5, 0.6) is 0 Å². The summed E-state index contributed by atoms with van der Waals surface area (Å²) in [4.78, 5) is 0. The first kappa shape index (κ1) is 11.6. The Balaban J connectivity index is 1.62. The summed E-state index contributed by atoms with van der Waals surface area (Å²) in [6.45, 7) is 0. The maximum absolute atomic E-state index is 2.57. The number of allylic oxidation sites excluding steroid dienone is 4. The van der Waals surface area contributed by atoms with Gasteiger partial charge in [-0.15, -0.1) is 0 Å². The third kappa shape index (κ3) is 1.45. The molecule has 5 rings (SSSR count). The summed E-state index contributed by atoms with van der Waals surface area (Å²) in [5, 5.41) is 0. The van der Waals surface area contributed by atoms with Crippen LogP contribution in [-0.2, 0) is 5.41 Å². The second-order valence-electron chi connectivity index (χ2n) is 6.62. The van der Waals surface area contributed by atoms with E-state index in [1.807, 2.05) is 0 Å². The van der Waals surface area contributed by atoms with E-state index in [0.717, 1.165) is 5.92 Å². The van der Waals surface area contributed by atoms with E-state index < -0.39 is 0 Å². The van der Waals surface area contributed by atoms with E-state index in [1.165, 1.54) is 17.5 Å². The van der Waals surface area contributed by atoms with Crippen LogP contribution >= 0.6 is 0 Å². The lowest BCUT2D eigenvalue weighted by molar-refractivity contribution is 0.559. The highest BCUT2D eigenvalue weighted by Gasteiger charge is 2.65. The van der Waals surface area contributed by atoms with E-state index in [2.05, 4.69) is 78.9 Å². The van der Waals surface area contributed by atoms with Crippen molar-refractivity contribution in [1.29, 1.82) is 0 Å². The first-order chi connectivity index (χ1) is 10.4. The summed E-state index contributed by atoms with van der Waals surface area (Å²) in [5.41, 5.74) is 4.75. The molecular weight excluding hydrogens is 252 g/mol. The van der Waals surface area contributed by atoms with Crippen LogP contribution in [0, 0.1) is 17.8 Å². The molecule has 2 aromatic carbocycles. The van der Waals surface area contributed by atoms with Crippen molar-refractivity contribution in [2.45, 2.75) is 11.8 Å². The van der Waals surface area contributed by atoms with Crippen LogP contribution in [0.15, 0.2) is 78.9 Å². The molecule has 0 N–H and O–H groups in total. The molecule has 0 saturated heterocycles. The van der Waals surface area contributed by atoms with Crippen molar-refractivity contribution in [1.82, 2.24) is 0 Å². The van der Waals surface area contributed by atoms with Crippen LogP contribution in [0.2, 0.25) is 0 Å². The molecule has 0 heterocycles. The highest BCUT2D eigenvalue weighted by molar-refractivity contribution is 5.74. The summed E-state index contributed by atoms with van der Waals surface area (Å²) >= 11 is 0. The van der Waals surface area contributed by atoms with Gasteiger partial charge in [-0.2, -0.15) is 0 Å². The number of hydrogen-bond donors (Lipinski definition) is 0. The average Bonchev–Trinajstić information content (AvgIpc) is 3.28. The zero-order valence-corrected chi connectivity index (χ0v) is 11.9. The first-order valence-corrected chi connectivity index (χ1v) is 7.91. The van der Waals surface area contributed by atoms with Crippen LogP contribution in [0.3, 0.4) is 0 Å². The molecule has 0 amide bonds. The topological polar surface area (TPSA) is 0 Å². The fourth-order valence-corrected chi connectivity index (χ4v) is 4.69. The van der Waals surface area contributed by atoms with Crippen LogP contribution in [0.1, 0.15) is 17.5 Å². The third-order valence-corrected chi connectivity index (χ3v) is 5.74. The molecule has 1 saturated carbocycles. The van der Waals surface area contributed by atoms with Gasteiger partial charge in [0.2, 0.25) is 0 Å². The second-order valence-corrected chi connectivity index (χ2v) is 6.62. The summed E-state index contributed by atoms with van der Waals surface area (Å²) in [5.74, 6) is 2.14. The Morgan fingerprint density at radius 1 is 0.857 bits per heavy atom. The molecule has 0 aromatic heterocycles. The highest BCUT2D eigenvalue weighted by atomic mass is 14.7. The molecule has 2 bridgehead atoms. The number of benzene rings is 2. The molecule has 4 atom stereocenters. The largest absolute Gasteiger partial charge is 0.0801 e. The lowest BCUT2D eigenvalue weighted by atomic mass is 9.80. The normalized spacial score (nSPS) is 35.2. The van der Waals surface area contributed by atoms with Gasteiger partial charge in [0.15, 0.2) is 0 Å². The maximum atomic E-state index is 2.57. The van der Waals surface area contributed by atoms with Crippen molar-refractivity contribution < 1.29 is 0 Å². The van der Waals surface area contributed by atoms with Gasteiger partial charge in [-0.05, 0) is 35.0 Å². The maximum Gasteiger partial charge on any atom is 0.0233 e. The molecular formula is C21H18. The molecule has 0 heteroatoms. The summed E-state index contributed by atoms with van der Waals surface area (Å²) in [6.07, 6.45) is 8.87. The van der Waals surface area contributed by atoms with E-state index in [9.17, 15) is 0 Å². The zero-order chi connectivity index (χ0) is 13.9. The molecule has 0 radical (unpaired) electrons. The minimum absolute atomic E-state index is 0.300. The Bertz CT molecular complexity index is 738. The third-order valence-electron chi connectivity index (χ3n) is 5.74. The first-order valence-electron chi connectivity index (χ1n) is 7.91. The Morgan fingerprint density at radius 3 is 2.33 bits per heavy atom. The van der Waals surface area contributed by atoms with Crippen molar-refractivity contribution in [3.8, 4) is 0 Å². The second kappa shape index (κ2) is 3.98. The zero-order valence-electron chi connectivity index (χ0n) is 11.9. The van der Waals surface area contributed by atoms with Crippen LogP contribution < -0.4 is 0 Å². The molecule has 2 aromatic rings. The van der Waals surface area contributed by atoms with Crippen molar-refractivity contribution in [3.63, 3.8) is 0 Å². The molecule has 0 nitrogen and oxygen atoms in total. The van der Waals surface area contributed by atoms with Crippen molar-refractivity contribution in [2.24, 2.45) is 17.8 Å². The fourth-order valence-electron chi connectivity index (χ4n) is 4.69. The van der Waals surface area contributed by atoms with Gasteiger partial charge in [0.05, 0.1) is 0 Å².